The van der Waals surface area contributed by atoms with Crippen LogP contribution in [-0.2, 0) is 6.05 Å². The third-order valence-corrected chi connectivity index (χ3v) is 4.44. The molecule has 0 spiro atoms. The minimum absolute atomic E-state index is 0.00295. The summed E-state index contributed by atoms with van der Waals surface area (Å²) in [6.07, 6.45) is 0. The van der Waals surface area contributed by atoms with E-state index >= 15 is 0 Å². The van der Waals surface area contributed by atoms with E-state index in [4.69, 9.17) is 22.4 Å². The van der Waals surface area contributed by atoms with Gasteiger partial charge in [0.1, 0.15) is 22.8 Å². The zero-order valence-electron chi connectivity index (χ0n) is 12.2. The van der Waals surface area contributed by atoms with E-state index in [2.05, 4.69) is 9.97 Å². The molecule has 0 saturated carbocycles. The lowest BCUT2D eigenvalue weighted by atomic mass is 9.97. The predicted octanol–water partition coefficient (Wildman–Crippen LogP) is 1.83. The highest BCUT2D eigenvalue weighted by atomic mass is 35.5. The van der Waals surface area contributed by atoms with Crippen LogP contribution in [-0.4, -0.2) is 34.8 Å². The minimum atomic E-state index is -3.76. The molecule has 0 aromatic carbocycles. The highest BCUT2D eigenvalue weighted by Crippen LogP contribution is 2.41. The summed E-state index contributed by atoms with van der Waals surface area (Å²) in [6, 6.07) is -1.98. The summed E-state index contributed by atoms with van der Waals surface area (Å²) in [5, 5.41) is 18.8. The molecule has 1 aliphatic rings. The first-order valence-electron chi connectivity index (χ1n) is 6.92. The van der Waals surface area contributed by atoms with Gasteiger partial charge in [-0.15, -0.1) is 0 Å². The van der Waals surface area contributed by atoms with Crippen LogP contribution in [0.25, 0.3) is 11.0 Å². The lowest BCUT2D eigenvalue weighted by Crippen LogP contribution is -2.49. The number of pyridine rings is 1. The Morgan fingerprint density at radius 1 is 1.57 bits per heavy atom. The fraction of sp³-hybridized carbons (Fsp3) is 0.429. The van der Waals surface area contributed by atoms with Crippen molar-refractivity contribution in [2.45, 2.75) is 13.0 Å². The number of aryl methyl sites for hydroxylation is 1. The van der Waals surface area contributed by atoms with E-state index in [9.17, 15) is 14.0 Å². The van der Waals surface area contributed by atoms with Crippen LogP contribution in [0.2, 0.25) is 5.02 Å². The van der Waals surface area contributed by atoms with Crippen LogP contribution in [0.15, 0.2) is 0 Å². The van der Waals surface area contributed by atoms with Crippen molar-refractivity contribution in [3.05, 3.63) is 22.0 Å². The number of H-pyrrole nitrogens is 1. The van der Waals surface area contributed by atoms with Gasteiger partial charge >= 0.3 is 6.05 Å². The fourth-order valence-corrected chi connectivity index (χ4v) is 2.99. The normalized spacial score (nSPS) is 15.8. The van der Waals surface area contributed by atoms with Gasteiger partial charge in [0.15, 0.2) is 0 Å². The van der Waals surface area contributed by atoms with Gasteiger partial charge in [-0.25, -0.2) is 4.98 Å². The van der Waals surface area contributed by atoms with Gasteiger partial charge in [-0.05, 0) is 6.92 Å². The molecule has 2 aromatic rings. The SMILES string of the molecule is Cc1[nH]c2c(N3CC(CO)C3)c(C#N)c(C(N)(F)F)nc2c1Cl. The second kappa shape index (κ2) is 5.30. The minimum Gasteiger partial charge on any atom is -0.396 e. The van der Waals surface area contributed by atoms with Crippen molar-refractivity contribution >= 4 is 28.3 Å². The van der Waals surface area contributed by atoms with Crippen molar-refractivity contribution in [3.63, 3.8) is 0 Å². The van der Waals surface area contributed by atoms with E-state index in [-0.39, 0.29) is 28.6 Å². The number of nitrogens with zero attached hydrogens (tertiary/aromatic N) is 3. The maximum Gasteiger partial charge on any atom is 0.345 e. The number of rotatable bonds is 3. The molecular weight excluding hydrogens is 328 g/mol. The monoisotopic (exact) mass is 341 g/mol. The van der Waals surface area contributed by atoms with Crippen molar-refractivity contribution in [2.75, 3.05) is 24.6 Å². The lowest BCUT2D eigenvalue weighted by Gasteiger charge is -2.41. The Morgan fingerprint density at radius 3 is 2.74 bits per heavy atom. The van der Waals surface area contributed by atoms with Crippen LogP contribution in [0.1, 0.15) is 17.0 Å². The van der Waals surface area contributed by atoms with Gasteiger partial charge < -0.3 is 15.0 Å². The molecule has 2 aromatic heterocycles. The Morgan fingerprint density at radius 2 is 2.22 bits per heavy atom. The van der Waals surface area contributed by atoms with Gasteiger partial charge in [0.2, 0.25) is 0 Å². The maximum atomic E-state index is 13.7. The number of aliphatic hydroxyl groups excluding tert-OH is 1. The molecule has 1 fully saturated rings. The third kappa shape index (κ3) is 2.41. The van der Waals surface area contributed by atoms with Crippen LogP contribution in [0.3, 0.4) is 0 Å². The van der Waals surface area contributed by atoms with E-state index in [1.165, 1.54) is 0 Å². The molecular formula is C14H14ClF2N5O. The number of hydrogen-bond acceptors (Lipinski definition) is 5. The number of nitrogens with one attached hydrogen (secondary N) is 1. The number of alkyl halides is 2. The van der Waals surface area contributed by atoms with Crippen molar-refractivity contribution in [2.24, 2.45) is 11.7 Å². The molecule has 9 heteroatoms. The third-order valence-electron chi connectivity index (χ3n) is 3.98. The summed E-state index contributed by atoms with van der Waals surface area (Å²) < 4.78 is 27.5. The number of fused-ring (bicyclic) bond motifs is 1. The van der Waals surface area contributed by atoms with Gasteiger partial charge in [-0.3, -0.25) is 5.73 Å². The van der Waals surface area contributed by atoms with Crippen LogP contribution < -0.4 is 10.6 Å². The van der Waals surface area contributed by atoms with E-state index in [1.807, 2.05) is 0 Å². The zero-order valence-corrected chi connectivity index (χ0v) is 13.0. The van der Waals surface area contributed by atoms with Gasteiger partial charge in [0.25, 0.3) is 0 Å². The standard InChI is InChI=1S/C14H14ClF2N5O/c1-6-9(15)10-11(20-6)12(22-3-7(4-22)5-23)8(2-18)13(21-10)14(16,17)19/h7,20,23H,3-5,19H2,1H3. The summed E-state index contributed by atoms with van der Waals surface area (Å²) in [5.74, 6) is 0.0399. The summed E-state index contributed by atoms with van der Waals surface area (Å²) in [5.41, 5.74) is 5.28. The Labute approximate surface area is 135 Å². The molecule has 0 aliphatic carbocycles. The van der Waals surface area contributed by atoms with Crippen molar-refractivity contribution in [3.8, 4) is 6.07 Å². The number of nitriles is 1. The second-order valence-electron chi connectivity index (χ2n) is 5.66. The average molecular weight is 342 g/mol. The zero-order chi connectivity index (χ0) is 16.9. The number of aromatic nitrogens is 2. The first kappa shape index (κ1) is 15.9. The molecule has 0 bridgehead atoms. The van der Waals surface area contributed by atoms with E-state index in [0.717, 1.165) is 0 Å². The molecule has 4 N–H and O–H groups in total. The maximum absolute atomic E-state index is 13.7. The Bertz CT molecular complexity index is 817. The van der Waals surface area contributed by atoms with Gasteiger partial charge in [-0.2, -0.15) is 14.0 Å². The molecule has 1 saturated heterocycles. The van der Waals surface area contributed by atoms with Gasteiger partial charge in [0, 0.05) is 31.3 Å². The number of nitrogens with two attached hydrogens (primary N) is 1. The molecule has 0 radical (unpaired) electrons. The molecule has 23 heavy (non-hydrogen) atoms. The quantitative estimate of drug-likeness (QED) is 0.739. The summed E-state index contributed by atoms with van der Waals surface area (Å²) in [4.78, 5) is 8.58. The molecule has 0 unspecified atom stereocenters. The van der Waals surface area contributed by atoms with Crippen LogP contribution in [0.5, 0.6) is 0 Å². The predicted molar refractivity (Wildman–Crippen MR) is 81.4 cm³/mol. The first-order chi connectivity index (χ1) is 10.8. The summed E-state index contributed by atoms with van der Waals surface area (Å²) >= 11 is 6.13. The second-order valence-corrected chi connectivity index (χ2v) is 6.04. The van der Waals surface area contributed by atoms with Crippen LogP contribution in [0.4, 0.5) is 14.5 Å². The van der Waals surface area contributed by atoms with Gasteiger partial charge in [0.05, 0.1) is 16.2 Å². The smallest absolute Gasteiger partial charge is 0.345 e. The van der Waals surface area contributed by atoms with Gasteiger partial charge in [-0.1, -0.05) is 11.6 Å². The number of aromatic amines is 1. The van der Waals surface area contributed by atoms with E-state index in [0.29, 0.717) is 30.0 Å². The van der Waals surface area contributed by atoms with Crippen LogP contribution in [0, 0.1) is 24.2 Å². The Kier molecular flexibility index (Phi) is 3.67. The average Bonchev–Trinajstić information content (AvgIpc) is 2.72. The van der Waals surface area contributed by atoms with Crippen molar-refractivity contribution in [1.29, 1.82) is 5.26 Å². The largest absolute Gasteiger partial charge is 0.396 e. The molecule has 1 aliphatic heterocycles. The number of anilines is 1. The van der Waals surface area contributed by atoms with Crippen molar-refractivity contribution in [1.82, 2.24) is 9.97 Å². The number of halogens is 3. The first-order valence-corrected chi connectivity index (χ1v) is 7.30. The topological polar surface area (TPSA) is 102 Å². The fourth-order valence-electron chi connectivity index (χ4n) is 2.80. The lowest BCUT2D eigenvalue weighted by molar-refractivity contribution is -0.00158. The Balaban J connectivity index is 2.30. The van der Waals surface area contributed by atoms with Crippen LogP contribution >= 0.6 is 11.6 Å². The molecule has 3 heterocycles. The molecule has 3 rings (SSSR count). The molecule has 0 amide bonds. The number of hydrogen-bond donors (Lipinski definition) is 3. The van der Waals surface area contributed by atoms with E-state index < -0.39 is 11.7 Å². The highest BCUT2D eigenvalue weighted by Gasteiger charge is 2.38. The molecule has 122 valence electrons. The van der Waals surface area contributed by atoms with E-state index in [1.54, 1.807) is 17.9 Å². The highest BCUT2D eigenvalue weighted by molar-refractivity contribution is 6.36. The number of aliphatic hydroxyl groups is 1. The summed E-state index contributed by atoms with van der Waals surface area (Å²) in [7, 11) is 0. The summed E-state index contributed by atoms with van der Waals surface area (Å²) in [6.45, 7) is 2.59. The Hall–Kier alpha value is -1.95. The molecule has 0 atom stereocenters. The molecule has 6 nitrogen and oxygen atoms in total. The van der Waals surface area contributed by atoms with Crippen molar-refractivity contribution < 1.29 is 13.9 Å².